The lowest BCUT2D eigenvalue weighted by Gasteiger charge is -2.23. The minimum absolute atomic E-state index is 0.165. The summed E-state index contributed by atoms with van der Waals surface area (Å²) in [5, 5.41) is 10.3. The summed E-state index contributed by atoms with van der Waals surface area (Å²) in [5.41, 5.74) is 6.73. The van der Waals surface area contributed by atoms with Gasteiger partial charge in [0.2, 0.25) is 0 Å². The largest absolute Gasteiger partial charge is 0.388 e. The summed E-state index contributed by atoms with van der Waals surface area (Å²) in [4.78, 5) is 1.14. The van der Waals surface area contributed by atoms with Gasteiger partial charge in [-0.15, -0.1) is 11.8 Å². The van der Waals surface area contributed by atoms with E-state index in [1.807, 2.05) is 30.5 Å². The number of rotatable bonds is 6. The van der Waals surface area contributed by atoms with Gasteiger partial charge in [0, 0.05) is 10.8 Å². The van der Waals surface area contributed by atoms with E-state index < -0.39 is 6.10 Å². The fraction of sp³-hybridized carbons (Fsp3) is 0.538. The van der Waals surface area contributed by atoms with Crippen molar-refractivity contribution in [2.24, 2.45) is 11.7 Å². The first-order valence-electron chi connectivity index (χ1n) is 5.75. The van der Waals surface area contributed by atoms with E-state index in [0.29, 0.717) is 6.54 Å². The van der Waals surface area contributed by atoms with Gasteiger partial charge in [-0.05, 0) is 30.9 Å². The molecule has 3 heteroatoms. The lowest BCUT2D eigenvalue weighted by Crippen LogP contribution is -2.22. The molecule has 0 aliphatic heterocycles. The quantitative estimate of drug-likeness (QED) is 0.750. The Hall–Kier alpha value is -0.510. The topological polar surface area (TPSA) is 46.2 Å². The van der Waals surface area contributed by atoms with Gasteiger partial charge in [-0.3, -0.25) is 0 Å². The molecule has 0 aromatic heterocycles. The summed E-state index contributed by atoms with van der Waals surface area (Å²) < 4.78 is 0. The molecular formula is C13H21NOS. The third-order valence-electron chi connectivity index (χ3n) is 2.87. The van der Waals surface area contributed by atoms with Crippen LogP contribution in [0.2, 0.25) is 0 Å². The highest BCUT2D eigenvalue weighted by Crippen LogP contribution is 2.31. The summed E-state index contributed by atoms with van der Waals surface area (Å²) in [5.74, 6) is 0.165. The molecule has 0 bridgehead atoms. The van der Waals surface area contributed by atoms with Crippen LogP contribution in [-0.2, 0) is 0 Å². The van der Waals surface area contributed by atoms with E-state index in [2.05, 4.69) is 6.92 Å². The van der Waals surface area contributed by atoms with Gasteiger partial charge in [-0.2, -0.15) is 0 Å². The number of nitrogens with two attached hydrogens (primary N) is 1. The molecule has 2 nitrogen and oxygen atoms in total. The van der Waals surface area contributed by atoms with Crippen molar-refractivity contribution >= 4 is 11.8 Å². The molecule has 0 saturated heterocycles. The number of benzene rings is 1. The highest BCUT2D eigenvalue weighted by Gasteiger charge is 2.20. The molecule has 1 rings (SSSR count). The van der Waals surface area contributed by atoms with Crippen molar-refractivity contribution in [3.05, 3.63) is 29.8 Å². The molecule has 0 radical (unpaired) electrons. The fourth-order valence-electron chi connectivity index (χ4n) is 1.94. The first-order chi connectivity index (χ1) is 7.74. The molecule has 2 unspecified atom stereocenters. The van der Waals surface area contributed by atoms with Crippen molar-refractivity contribution in [1.82, 2.24) is 0 Å². The van der Waals surface area contributed by atoms with Crippen LogP contribution >= 0.6 is 11.8 Å². The Bertz CT molecular complexity index is 317. The maximum atomic E-state index is 10.3. The van der Waals surface area contributed by atoms with E-state index in [9.17, 15) is 5.11 Å². The Morgan fingerprint density at radius 1 is 1.38 bits per heavy atom. The van der Waals surface area contributed by atoms with Gasteiger partial charge in [0.25, 0.3) is 0 Å². The predicted molar refractivity (Wildman–Crippen MR) is 70.6 cm³/mol. The van der Waals surface area contributed by atoms with Gasteiger partial charge in [-0.25, -0.2) is 0 Å². The number of aliphatic hydroxyl groups is 1. The molecule has 0 fully saturated rings. The molecule has 16 heavy (non-hydrogen) atoms. The summed E-state index contributed by atoms with van der Waals surface area (Å²) in [6.07, 6.45) is 3.62. The van der Waals surface area contributed by atoms with Crippen molar-refractivity contribution in [2.45, 2.75) is 30.8 Å². The molecule has 0 aliphatic rings. The van der Waals surface area contributed by atoms with E-state index in [-0.39, 0.29) is 5.92 Å². The van der Waals surface area contributed by atoms with E-state index in [4.69, 9.17) is 5.73 Å². The Kier molecular flexibility index (Phi) is 5.88. The molecular weight excluding hydrogens is 218 g/mol. The minimum atomic E-state index is -0.436. The third-order valence-corrected chi connectivity index (χ3v) is 3.68. The van der Waals surface area contributed by atoms with Crippen molar-refractivity contribution in [2.75, 3.05) is 12.8 Å². The molecule has 1 aromatic rings. The molecule has 0 amide bonds. The van der Waals surface area contributed by atoms with Gasteiger partial charge in [0.15, 0.2) is 0 Å². The average molecular weight is 239 g/mol. The Morgan fingerprint density at radius 3 is 2.62 bits per heavy atom. The third kappa shape index (κ3) is 3.24. The van der Waals surface area contributed by atoms with Crippen LogP contribution in [0.15, 0.2) is 29.2 Å². The highest BCUT2D eigenvalue weighted by molar-refractivity contribution is 7.98. The number of aliphatic hydroxyl groups excluding tert-OH is 1. The minimum Gasteiger partial charge on any atom is -0.388 e. The summed E-state index contributed by atoms with van der Waals surface area (Å²) in [7, 11) is 0. The summed E-state index contributed by atoms with van der Waals surface area (Å²) in [6.45, 7) is 2.66. The van der Waals surface area contributed by atoms with Crippen LogP contribution < -0.4 is 5.73 Å². The van der Waals surface area contributed by atoms with Gasteiger partial charge in [-0.1, -0.05) is 31.5 Å². The summed E-state index contributed by atoms with van der Waals surface area (Å²) in [6, 6.07) is 8.01. The van der Waals surface area contributed by atoms with Crippen molar-refractivity contribution in [3.63, 3.8) is 0 Å². The zero-order valence-corrected chi connectivity index (χ0v) is 10.8. The molecule has 0 saturated carbocycles. The van der Waals surface area contributed by atoms with Crippen LogP contribution in [0.25, 0.3) is 0 Å². The fourth-order valence-corrected chi connectivity index (χ4v) is 2.58. The zero-order valence-electron chi connectivity index (χ0n) is 10.0. The maximum Gasteiger partial charge on any atom is 0.0841 e. The maximum absolute atomic E-state index is 10.3. The van der Waals surface area contributed by atoms with E-state index in [1.165, 1.54) is 0 Å². The summed E-state index contributed by atoms with van der Waals surface area (Å²) >= 11 is 1.67. The highest BCUT2D eigenvalue weighted by atomic mass is 32.2. The molecule has 0 spiro atoms. The Balaban J connectivity index is 2.88. The van der Waals surface area contributed by atoms with Crippen molar-refractivity contribution in [1.29, 1.82) is 0 Å². The Labute approximate surface area is 102 Å². The molecule has 3 N–H and O–H groups in total. The standard InChI is InChI=1S/C13H21NOS/c1-3-6-10(9-14)13(15)11-7-4-5-8-12(11)16-2/h4-5,7-8,10,13,15H,3,6,9,14H2,1-2H3. The zero-order chi connectivity index (χ0) is 12.0. The molecule has 90 valence electrons. The molecule has 1 aromatic carbocycles. The SMILES string of the molecule is CCCC(CN)C(O)c1ccccc1SC. The predicted octanol–water partition coefficient (Wildman–Crippen LogP) is 2.82. The lowest BCUT2D eigenvalue weighted by atomic mass is 9.92. The van der Waals surface area contributed by atoms with Crippen LogP contribution in [0.4, 0.5) is 0 Å². The number of hydrogen-bond donors (Lipinski definition) is 2. The molecule has 2 atom stereocenters. The van der Waals surface area contributed by atoms with Crippen LogP contribution in [0.3, 0.4) is 0 Å². The van der Waals surface area contributed by atoms with Gasteiger partial charge in [0.1, 0.15) is 0 Å². The van der Waals surface area contributed by atoms with E-state index in [0.717, 1.165) is 23.3 Å². The van der Waals surface area contributed by atoms with E-state index in [1.54, 1.807) is 11.8 Å². The van der Waals surface area contributed by atoms with Crippen LogP contribution in [0.5, 0.6) is 0 Å². The van der Waals surface area contributed by atoms with Crippen molar-refractivity contribution < 1.29 is 5.11 Å². The smallest absolute Gasteiger partial charge is 0.0841 e. The normalized spacial score (nSPS) is 14.8. The number of thioether (sulfide) groups is 1. The van der Waals surface area contributed by atoms with Crippen LogP contribution in [0, 0.1) is 5.92 Å². The van der Waals surface area contributed by atoms with Crippen LogP contribution in [0.1, 0.15) is 31.4 Å². The second kappa shape index (κ2) is 6.94. The lowest BCUT2D eigenvalue weighted by molar-refractivity contribution is 0.104. The second-order valence-electron chi connectivity index (χ2n) is 3.97. The van der Waals surface area contributed by atoms with Gasteiger partial charge < -0.3 is 10.8 Å². The first kappa shape index (κ1) is 13.6. The monoisotopic (exact) mass is 239 g/mol. The van der Waals surface area contributed by atoms with Gasteiger partial charge in [0.05, 0.1) is 6.10 Å². The van der Waals surface area contributed by atoms with Crippen molar-refractivity contribution in [3.8, 4) is 0 Å². The van der Waals surface area contributed by atoms with E-state index >= 15 is 0 Å². The molecule has 0 heterocycles. The van der Waals surface area contributed by atoms with Gasteiger partial charge >= 0.3 is 0 Å². The van der Waals surface area contributed by atoms with Crippen LogP contribution in [-0.4, -0.2) is 17.9 Å². The Morgan fingerprint density at radius 2 is 2.06 bits per heavy atom. The first-order valence-corrected chi connectivity index (χ1v) is 6.98. The molecule has 0 aliphatic carbocycles. The average Bonchev–Trinajstić information content (AvgIpc) is 2.35. The second-order valence-corrected chi connectivity index (χ2v) is 4.82. The number of hydrogen-bond acceptors (Lipinski definition) is 3.